The molecule has 0 aromatic carbocycles. The summed E-state index contributed by atoms with van der Waals surface area (Å²) in [6.07, 6.45) is 2.08. The number of rotatable bonds is 5. The lowest BCUT2D eigenvalue weighted by molar-refractivity contribution is 0.569. The monoisotopic (exact) mass is 337 g/mol. The van der Waals surface area contributed by atoms with Gasteiger partial charge in [0.25, 0.3) is 0 Å². The van der Waals surface area contributed by atoms with E-state index in [1.165, 1.54) is 0 Å². The summed E-state index contributed by atoms with van der Waals surface area (Å²) in [5.41, 5.74) is -0.167. The van der Waals surface area contributed by atoms with Gasteiger partial charge in [-0.05, 0) is 18.6 Å². The van der Waals surface area contributed by atoms with Crippen LogP contribution in [0.4, 0.5) is 11.5 Å². The summed E-state index contributed by atoms with van der Waals surface area (Å²) in [6, 6.07) is 3.35. The second-order valence-corrected chi connectivity index (χ2v) is 8.78. The van der Waals surface area contributed by atoms with Crippen molar-refractivity contribution >= 4 is 44.7 Å². The van der Waals surface area contributed by atoms with Gasteiger partial charge in [0.05, 0.1) is 11.4 Å². The topological polar surface area (TPSA) is 62.3 Å². The Balaban J connectivity index is 2.18. The maximum absolute atomic E-state index is 12.2. The first kappa shape index (κ1) is 15.7. The van der Waals surface area contributed by atoms with Crippen LogP contribution in [0.3, 0.4) is 0 Å². The molecule has 0 radical (unpaired) electrons. The van der Waals surface area contributed by atoms with Crippen LogP contribution in [0.2, 0.25) is 0 Å². The highest BCUT2D eigenvalue weighted by Crippen LogP contribution is 2.64. The Morgan fingerprint density at radius 1 is 1.45 bits per heavy atom. The Morgan fingerprint density at radius 2 is 2.05 bits per heavy atom. The van der Waals surface area contributed by atoms with Crippen LogP contribution in [0.25, 0.3) is 0 Å². The van der Waals surface area contributed by atoms with Gasteiger partial charge in [0.2, 0.25) is 10.0 Å². The van der Waals surface area contributed by atoms with Gasteiger partial charge in [-0.3, -0.25) is 4.72 Å². The van der Waals surface area contributed by atoms with Crippen LogP contribution in [0.15, 0.2) is 18.3 Å². The van der Waals surface area contributed by atoms with Crippen LogP contribution < -0.4 is 9.62 Å². The zero-order valence-corrected chi connectivity index (χ0v) is 13.8. The van der Waals surface area contributed by atoms with Gasteiger partial charge in [0, 0.05) is 25.7 Å². The minimum atomic E-state index is -3.54. The number of aromatic nitrogens is 1. The molecule has 0 amide bonds. The van der Waals surface area contributed by atoms with E-state index in [1.807, 2.05) is 0 Å². The molecule has 1 aromatic rings. The second kappa shape index (κ2) is 4.93. The summed E-state index contributed by atoms with van der Waals surface area (Å²) in [5, 5.41) is 0. The largest absolute Gasteiger partial charge is 0.361 e. The summed E-state index contributed by atoms with van der Waals surface area (Å²) in [4.78, 5) is 5.89. The number of hydrogen-bond donors (Lipinski definition) is 1. The van der Waals surface area contributed by atoms with Crippen LogP contribution in [-0.2, 0) is 10.0 Å². The highest BCUT2D eigenvalue weighted by atomic mass is 35.5. The number of nitrogens with one attached hydrogen (secondary N) is 1. The minimum absolute atomic E-state index is 0.116. The molecule has 8 heteroatoms. The van der Waals surface area contributed by atoms with Gasteiger partial charge in [0.15, 0.2) is 5.82 Å². The summed E-state index contributed by atoms with van der Waals surface area (Å²) in [5.74, 6) is 0.439. The molecule has 1 atom stereocenters. The quantitative estimate of drug-likeness (QED) is 0.838. The molecule has 1 fully saturated rings. The maximum atomic E-state index is 12.2. The summed E-state index contributed by atoms with van der Waals surface area (Å²) >= 11 is 12.0. The normalized spacial score (nSPS) is 24.2. The number of hydrogen-bond acceptors (Lipinski definition) is 4. The van der Waals surface area contributed by atoms with E-state index in [1.54, 1.807) is 44.2 Å². The fourth-order valence-corrected chi connectivity index (χ4v) is 4.69. The third-order valence-corrected chi connectivity index (χ3v) is 6.08. The van der Waals surface area contributed by atoms with E-state index in [0.29, 0.717) is 17.9 Å². The fraction of sp³-hybridized carbons (Fsp3) is 0.583. The molecule has 1 heterocycles. The molecule has 1 aromatic heterocycles. The summed E-state index contributed by atoms with van der Waals surface area (Å²) < 4.78 is 26.1. The van der Waals surface area contributed by atoms with Gasteiger partial charge in [-0.1, -0.05) is 6.92 Å². The predicted octanol–water partition coefficient (Wildman–Crippen LogP) is 2.47. The molecule has 20 heavy (non-hydrogen) atoms. The zero-order valence-electron chi connectivity index (χ0n) is 11.5. The zero-order chi connectivity index (χ0) is 15.2. The van der Waals surface area contributed by atoms with E-state index in [4.69, 9.17) is 23.2 Å². The Morgan fingerprint density at radius 3 is 2.55 bits per heavy atom. The average Bonchev–Trinajstić information content (AvgIpc) is 2.74. The lowest BCUT2D eigenvalue weighted by Crippen LogP contribution is -2.26. The Bertz CT molecular complexity index is 619. The Kier molecular flexibility index (Phi) is 3.86. The third-order valence-electron chi connectivity index (χ3n) is 3.35. The standard InChI is InChI=1S/C12H17Cl2N3O2S/c1-11(7-12(11,13)14)8-20(18,19)16-9-5-4-6-15-10(9)17(2)3/h4-6,16H,7-8H2,1-3H3. The molecular weight excluding hydrogens is 321 g/mol. The van der Waals surface area contributed by atoms with Gasteiger partial charge in [-0.25, -0.2) is 13.4 Å². The summed E-state index contributed by atoms with van der Waals surface area (Å²) in [7, 11) is 0.0506. The number of halogens is 2. The van der Waals surface area contributed by atoms with Gasteiger partial charge in [-0.15, -0.1) is 23.2 Å². The van der Waals surface area contributed by atoms with Gasteiger partial charge < -0.3 is 4.90 Å². The molecule has 0 spiro atoms. The first-order chi connectivity index (χ1) is 9.06. The smallest absolute Gasteiger partial charge is 0.233 e. The Labute approximate surface area is 129 Å². The van der Waals surface area contributed by atoms with Crippen molar-refractivity contribution in [3.05, 3.63) is 18.3 Å². The van der Waals surface area contributed by atoms with Crippen molar-refractivity contribution in [2.45, 2.75) is 17.7 Å². The first-order valence-electron chi connectivity index (χ1n) is 6.07. The molecule has 0 saturated heterocycles. The molecule has 1 N–H and O–H groups in total. The van der Waals surface area contributed by atoms with Gasteiger partial charge in [0.1, 0.15) is 4.33 Å². The van der Waals surface area contributed by atoms with Crippen molar-refractivity contribution in [3.8, 4) is 0 Å². The molecular formula is C12H17Cl2N3O2S. The van der Waals surface area contributed by atoms with Crippen LogP contribution in [0.1, 0.15) is 13.3 Å². The van der Waals surface area contributed by atoms with E-state index in [9.17, 15) is 8.42 Å². The maximum Gasteiger partial charge on any atom is 0.233 e. The van der Waals surface area contributed by atoms with Crippen molar-refractivity contribution < 1.29 is 8.42 Å². The summed E-state index contributed by atoms with van der Waals surface area (Å²) in [6.45, 7) is 1.77. The van der Waals surface area contributed by atoms with Crippen LogP contribution in [-0.4, -0.2) is 37.6 Å². The average molecular weight is 338 g/mol. The molecule has 5 nitrogen and oxygen atoms in total. The Hall–Kier alpha value is -0.720. The van der Waals surface area contributed by atoms with Crippen LogP contribution in [0.5, 0.6) is 0 Å². The van der Waals surface area contributed by atoms with Crippen LogP contribution in [0, 0.1) is 5.41 Å². The van der Waals surface area contributed by atoms with Gasteiger partial charge >= 0.3 is 0 Å². The van der Waals surface area contributed by atoms with Gasteiger partial charge in [-0.2, -0.15) is 0 Å². The molecule has 1 unspecified atom stereocenters. The number of anilines is 2. The molecule has 0 aliphatic heterocycles. The highest BCUT2D eigenvalue weighted by Gasteiger charge is 2.64. The first-order valence-corrected chi connectivity index (χ1v) is 8.48. The SMILES string of the molecule is CN(C)c1ncccc1NS(=O)(=O)CC1(C)CC1(Cl)Cl. The van der Waals surface area contributed by atoms with E-state index >= 15 is 0 Å². The molecule has 0 bridgehead atoms. The molecule has 1 aliphatic rings. The van der Waals surface area contributed by atoms with Crippen molar-refractivity contribution in [2.75, 3.05) is 29.5 Å². The molecule has 2 rings (SSSR count). The van der Waals surface area contributed by atoms with Crippen molar-refractivity contribution in [1.82, 2.24) is 4.98 Å². The van der Waals surface area contributed by atoms with Crippen molar-refractivity contribution in [3.63, 3.8) is 0 Å². The molecule has 1 aliphatic carbocycles. The van der Waals surface area contributed by atoms with E-state index in [2.05, 4.69) is 9.71 Å². The molecule has 1 saturated carbocycles. The van der Waals surface area contributed by atoms with Crippen molar-refractivity contribution in [1.29, 1.82) is 0 Å². The highest BCUT2D eigenvalue weighted by molar-refractivity contribution is 7.92. The van der Waals surface area contributed by atoms with Crippen LogP contribution >= 0.6 is 23.2 Å². The van der Waals surface area contributed by atoms with E-state index in [0.717, 1.165) is 0 Å². The number of sulfonamides is 1. The number of pyridine rings is 1. The van der Waals surface area contributed by atoms with E-state index in [-0.39, 0.29) is 5.75 Å². The lowest BCUT2D eigenvalue weighted by atomic mass is 10.2. The second-order valence-electron chi connectivity index (χ2n) is 5.57. The van der Waals surface area contributed by atoms with E-state index < -0.39 is 19.8 Å². The van der Waals surface area contributed by atoms with Crippen molar-refractivity contribution in [2.24, 2.45) is 5.41 Å². The minimum Gasteiger partial charge on any atom is -0.361 e. The molecule has 112 valence electrons. The number of alkyl halides is 2. The predicted molar refractivity (Wildman–Crippen MR) is 83.1 cm³/mol. The lowest BCUT2D eigenvalue weighted by Gasteiger charge is -2.18. The third kappa shape index (κ3) is 3.13. The number of nitrogens with zero attached hydrogens (tertiary/aromatic N) is 2. The fourth-order valence-electron chi connectivity index (χ4n) is 2.06.